The van der Waals surface area contributed by atoms with E-state index in [0.717, 1.165) is 19.4 Å². The van der Waals surface area contributed by atoms with Crippen LogP contribution in [-0.2, 0) is 14.3 Å². The number of hydrogen-bond acceptors (Lipinski definition) is 4. The van der Waals surface area contributed by atoms with Crippen molar-refractivity contribution in [2.45, 2.75) is 60.8 Å². The molecule has 0 aromatic heterocycles. The van der Waals surface area contributed by atoms with Crippen molar-refractivity contribution in [1.82, 2.24) is 0 Å². The molecule has 24 heavy (non-hydrogen) atoms. The van der Waals surface area contributed by atoms with E-state index in [9.17, 15) is 9.59 Å². The second-order valence-corrected chi connectivity index (χ2v) is 8.85. The van der Waals surface area contributed by atoms with Crippen molar-refractivity contribution in [2.24, 2.45) is 34.5 Å². The van der Waals surface area contributed by atoms with Crippen LogP contribution < -0.4 is 0 Å². The number of aliphatic hydroxyl groups is 1. The number of aliphatic hydroxyl groups excluding tert-OH is 1. The van der Waals surface area contributed by atoms with Crippen LogP contribution in [0.1, 0.15) is 60.8 Å². The molecular formula is C20H36O4. The van der Waals surface area contributed by atoms with Gasteiger partial charge in [-0.2, -0.15) is 0 Å². The highest BCUT2D eigenvalue weighted by atomic mass is 16.5. The van der Waals surface area contributed by atoms with Gasteiger partial charge in [0, 0.05) is 33.2 Å². The minimum atomic E-state index is 0.252. The Labute approximate surface area is 147 Å². The van der Waals surface area contributed by atoms with Gasteiger partial charge in [0.15, 0.2) is 0 Å². The number of rotatable bonds is 8. The topological polar surface area (TPSA) is 63.6 Å². The molecular weight excluding hydrogens is 304 g/mol. The summed E-state index contributed by atoms with van der Waals surface area (Å²) in [6, 6.07) is 0. The molecule has 4 atom stereocenters. The molecule has 0 bridgehead atoms. The fraction of sp³-hybridized carbons (Fsp3) is 0.900. The average Bonchev–Trinajstić information content (AvgIpc) is 3.14. The van der Waals surface area contributed by atoms with Crippen LogP contribution in [0.15, 0.2) is 0 Å². The first-order chi connectivity index (χ1) is 11.0. The molecule has 0 aromatic rings. The Hall–Kier alpha value is -0.740. The third-order valence-electron chi connectivity index (χ3n) is 6.38. The predicted molar refractivity (Wildman–Crippen MR) is 95.7 cm³/mol. The lowest BCUT2D eigenvalue weighted by atomic mass is 10.1. The first-order valence-corrected chi connectivity index (χ1v) is 9.08. The smallest absolute Gasteiger partial charge is 0.130 e. The van der Waals surface area contributed by atoms with Crippen molar-refractivity contribution in [1.29, 1.82) is 0 Å². The molecule has 2 saturated carbocycles. The number of carbonyl (C=O) groups excluding carboxylic acids is 2. The van der Waals surface area contributed by atoms with Crippen LogP contribution in [0.3, 0.4) is 0 Å². The van der Waals surface area contributed by atoms with Crippen molar-refractivity contribution in [2.75, 3.05) is 20.3 Å². The highest BCUT2D eigenvalue weighted by Gasteiger charge is 2.57. The highest BCUT2D eigenvalue weighted by Crippen LogP contribution is 2.61. The summed E-state index contributed by atoms with van der Waals surface area (Å²) in [7, 11) is 1.72. The zero-order valence-corrected chi connectivity index (χ0v) is 16.5. The SMILES string of the molecule is CC(=O)C[C@H]1[C@@H](CCO)C1(C)C.COC[C@@H]1[C@H](CC(C)=O)C1(C)C. The quantitative estimate of drug-likeness (QED) is 0.734. The molecule has 0 saturated heterocycles. The maximum atomic E-state index is 10.9. The van der Waals surface area contributed by atoms with E-state index in [-0.39, 0.29) is 17.8 Å². The summed E-state index contributed by atoms with van der Waals surface area (Å²) in [4.78, 5) is 21.8. The minimum absolute atomic E-state index is 0.252. The van der Waals surface area contributed by atoms with Gasteiger partial charge in [-0.15, -0.1) is 0 Å². The molecule has 0 heterocycles. The van der Waals surface area contributed by atoms with Gasteiger partial charge in [-0.05, 0) is 54.8 Å². The van der Waals surface area contributed by atoms with Gasteiger partial charge in [0.05, 0.1) is 0 Å². The lowest BCUT2D eigenvalue weighted by Gasteiger charge is -1.99. The molecule has 0 spiro atoms. The van der Waals surface area contributed by atoms with Gasteiger partial charge in [-0.25, -0.2) is 0 Å². The maximum absolute atomic E-state index is 10.9. The molecule has 0 aliphatic heterocycles. The molecule has 140 valence electrons. The molecule has 0 amide bonds. The molecule has 0 unspecified atom stereocenters. The molecule has 4 heteroatoms. The van der Waals surface area contributed by atoms with Gasteiger partial charge in [0.25, 0.3) is 0 Å². The van der Waals surface area contributed by atoms with Crippen LogP contribution in [-0.4, -0.2) is 37.0 Å². The summed E-state index contributed by atoms with van der Waals surface area (Å²) in [6.07, 6.45) is 2.27. The van der Waals surface area contributed by atoms with Crippen LogP contribution in [0.2, 0.25) is 0 Å². The van der Waals surface area contributed by atoms with Gasteiger partial charge in [0.2, 0.25) is 0 Å². The number of methoxy groups -OCH3 is 1. The summed E-state index contributed by atoms with van der Waals surface area (Å²) < 4.78 is 5.10. The Balaban J connectivity index is 0.000000240. The summed E-state index contributed by atoms with van der Waals surface area (Å²) >= 11 is 0. The average molecular weight is 341 g/mol. The minimum Gasteiger partial charge on any atom is -0.396 e. The zero-order valence-electron chi connectivity index (χ0n) is 16.5. The second kappa shape index (κ2) is 8.09. The van der Waals surface area contributed by atoms with Crippen molar-refractivity contribution < 1.29 is 19.4 Å². The number of ketones is 2. The van der Waals surface area contributed by atoms with Gasteiger partial charge in [-0.3, -0.25) is 0 Å². The summed E-state index contributed by atoms with van der Waals surface area (Å²) in [5, 5.41) is 8.78. The third-order valence-corrected chi connectivity index (χ3v) is 6.38. The van der Waals surface area contributed by atoms with E-state index in [1.54, 1.807) is 21.0 Å². The van der Waals surface area contributed by atoms with E-state index in [0.29, 0.717) is 41.3 Å². The number of hydrogen-bond donors (Lipinski definition) is 1. The van der Waals surface area contributed by atoms with Crippen LogP contribution in [0.5, 0.6) is 0 Å². The fourth-order valence-electron chi connectivity index (χ4n) is 4.37. The summed E-state index contributed by atoms with van der Waals surface area (Å²) in [5.41, 5.74) is 0.607. The van der Waals surface area contributed by atoms with Crippen molar-refractivity contribution in [3.63, 3.8) is 0 Å². The van der Waals surface area contributed by atoms with Gasteiger partial charge in [0.1, 0.15) is 11.6 Å². The zero-order chi connectivity index (χ0) is 18.7. The summed E-state index contributed by atoms with van der Waals surface area (Å²) in [5.74, 6) is 2.79. The van der Waals surface area contributed by atoms with Crippen molar-refractivity contribution in [3.8, 4) is 0 Å². The monoisotopic (exact) mass is 340 g/mol. The summed E-state index contributed by atoms with van der Waals surface area (Å²) in [6.45, 7) is 13.1. The molecule has 2 aliphatic rings. The van der Waals surface area contributed by atoms with E-state index in [1.165, 1.54) is 0 Å². The molecule has 2 rings (SSSR count). The van der Waals surface area contributed by atoms with E-state index >= 15 is 0 Å². The molecule has 4 nitrogen and oxygen atoms in total. The van der Waals surface area contributed by atoms with Crippen molar-refractivity contribution >= 4 is 11.6 Å². The van der Waals surface area contributed by atoms with Crippen molar-refractivity contribution in [3.05, 3.63) is 0 Å². The van der Waals surface area contributed by atoms with Crippen LogP contribution in [0, 0.1) is 34.5 Å². The standard InChI is InChI=1S/2C10H18O2/c1-7(11)5-8-9(6-12-4)10(8,2)3;1-7(12)6-9-8(4-5-11)10(9,2)3/h8-9H,5-6H2,1-4H3;8-9,11H,4-6H2,1-3H3/t2*8-,9+/m01/s1. The molecule has 0 radical (unpaired) electrons. The second-order valence-electron chi connectivity index (χ2n) is 8.85. The maximum Gasteiger partial charge on any atom is 0.130 e. The van der Waals surface area contributed by atoms with Crippen LogP contribution >= 0.6 is 0 Å². The largest absolute Gasteiger partial charge is 0.396 e. The fourth-order valence-corrected chi connectivity index (χ4v) is 4.37. The van der Waals surface area contributed by atoms with E-state index < -0.39 is 0 Å². The van der Waals surface area contributed by atoms with E-state index in [2.05, 4.69) is 27.7 Å². The van der Waals surface area contributed by atoms with Crippen LogP contribution in [0.25, 0.3) is 0 Å². The Morgan fingerprint density at radius 1 is 0.875 bits per heavy atom. The first kappa shape index (κ1) is 21.3. The predicted octanol–water partition coefficient (Wildman–Crippen LogP) is 3.50. The van der Waals surface area contributed by atoms with Crippen LogP contribution in [0.4, 0.5) is 0 Å². The first-order valence-electron chi connectivity index (χ1n) is 9.08. The Morgan fingerprint density at radius 3 is 1.67 bits per heavy atom. The lowest BCUT2D eigenvalue weighted by Crippen LogP contribution is -1.97. The number of Topliss-reactive ketones (excluding diaryl/α,β-unsaturated/α-hetero) is 2. The number of ether oxygens (including phenoxy) is 1. The Morgan fingerprint density at radius 2 is 1.29 bits per heavy atom. The normalized spacial score (nSPS) is 31.7. The molecule has 2 fully saturated rings. The van der Waals surface area contributed by atoms with Gasteiger partial charge >= 0.3 is 0 Å². The highest BCUT2D eigenvalue weighted by molar-refractivity contribution is 5.76. The molecule has 1 N–H and O–H groups in total. The van der Waals surface area contributed by atoms with E-state index in [1.807, 2.05) is 0 Å². The molecule has 0 aromatic carbocycles. The Kier molecular flexibility index (Phi) is 7.18. The number of carbonyl (C=O) groups is 2. The lowest BCUT2D eigenvalue weighted by molar-refractivity contribution is -0.118. The Bertz CT molecular complexity index is 411. The molecule has 2 aliphatic carbocycles. The third kappa shape index (κ3) is 5.13. The van der Waals surface area contributed by atoms with Gasteiger partial charge < -0.3 is 19.4 Å². The van der Waals surface area contributed by atoms with Gasteiger partial charge in [-0.1, -0.05) is 27.7 Å². The van der Waals surface area contributed by atoms with E-state index in [4.69, 9.17) is 9.84 Å².